The van der Waals surface area contributed by atoms with E-state index in [1.165, 1.54) is 44.9 Å². The predicted octanol–water partition coefficient (Wildman–Crippen LogP) is 3.36. The van der Waals surface area contributed by atoms with Crippen molar-refractivity contribution < 1.29 is 4.74 Å². The van der Waals surface area contributed by atoms with Gasteiger partial charge in [0, 0.05) is 13.2 Å². The summed E-state index contributed by atoms with van der Waals surface area (Å²) in [4.78, 5) is 0. The first-order valence-corrected chi connectivity index (χ1v) is 7.59. The predicted molar refractivity (Wildman–Crippen MR) is 72.2 cm³/mol. The van der Waals surface area contributed by atoms with Gasteiger partial charge in [-0.2, -0.15) is 0 Å². The lowest BCUT2D eigenvalue weighted by molar-refractivity contribution is -0.0767. The quantitative estimate of drug-likeness (QED) is 0.735. The van der Waals surface area contributed by atoms with Crippen molar-refractivity contribution in [2.75, 3.05) is 19.7 Å². The highest BCUT2D eigenvalue weighted by atomic mass is 16.5. The number of ether oxygens (including phenoxy) is 1. The van der Waals surface area contributed by atoms with Crippen LogP contribution in [0.4, 0.5) is 0 Å². The Bertz CT molecular complexity index is 211. The van der Waals surface area contributed by atoms with Crippen LogP contribution in [0.2, 0.25) is 0 Å². The number of nitrogens with one attached hydrogen (secondary N) is 1. The molecule has 2 heteroatoms. The highest BCUT2D eigenvalue weighted by molar-refractivity contribution is 4.88. The van der Waals surface area contributed by atoms with Crippen LogP contribution < -0.4 is 5.32 Å². The molecule has 0 aromatic carbocycles. The van der Waals surface area contributed by atoms with Crippen LogP contribution in [-0.2, 0) is 4.74 Å². The van der Waals surface area contributed by atoms with Gasteiger partial charge in [-0.3, -0.25) is 0 Å². The molecule has 2 nitrogen and oxygen atoms in total. The minimum Gasteiger partial charge on any atom is -0.374 e. The van der Waals surface area contributed by atoms with Crippen LogP contribution in [0.1, 0.15) is 58.8 Å². The largest absolute Gasteiger partial charge is 0.374 e. The van der Waals surface area contributed by atoms with Gasteiger partial charge in [-0.1, -0.05) is 26.7 Å². The van der Waals surface area contributed by atoms with Crippen molar-refractivity contribution in [1.82, 2.24) is 5.32 Å². The fraction of sp³-hybridized carbons (Fsp3) is 1.00. The Kier molecular flexibility index (Phi) is 4.87. The van der Waals surface area contributed by atoms with Crippen molar-refractivity contribution in [3.8, 4) is 0 Å². The monoisotopic (exact) mass is 239 g/mol. The van der Waals surface area contributed by atoms with Crippen molar-refractivity contribution in [3.05, 3.63) is 0 Å². The normalized spacial score (nSPS) is 33.9. The lowest BCUT2D eigenvalue weighted by atomic mass is 9.79. The van der Waals surface area contributed by atoms with Crippen molar-refractivity contribution in [2.45, 2.75) is 64.4 Å². The van der Waals surface area contributed by atoms with Gasteiger partial charge < -0.3 is 10.1 Å². The summed E-state index contributed by atoms with van der Waals surface area (Å²) in [5.41, 5.74) is 0.164. The molecule has 0 heterocycles. The third-order valence-corrected chi connectivity index (χ3v) is 4.51. The lowest BCUT2D eigenvalue weighted by Crippen LogP contribution is -2.46. The molecule has 0 bridgehead atoms. The topological polar surface area (TPSA) is 21.3 Å². The second kappa shape index (κ2) is 6.19. The Morgan fingerprint density at radius 1 is 1.18 bits per heavy atom. The molecule has 2 fully saturated rings. The molecule has 0 atom stereocenters. The molecule has 0 saturated heterocycles. The standard InChI is InChI=1S/C15H29NO/c1-3-16-12-15(9-6-13(2)7-10-15)17-11-8-14-4-5-14/h13-14,16H,3-12H2,1-2H3. The van der Waals surface area contributed by atoms with Crippen LogP contribution in [0.3, 0.4) is 0 Å². The van der Waals surface area contributed by atoms with Gasteiger partial charge in [0.05, 0.1) is 5.60 Å². The lowest BCUT2D eigenvalue weighted by Gasteiger charge is -2.39. The first-order valence-electron chi connectivity index (χ1n) is 7.59. The molecule has 2 rings (SSSR count). The molecular weight excluding hydrogens is 210 g/mol. The number of hydrogen-bond acceptors (Lipinski definition) is 2. The van der Waals surface area contributed by atoms with E-state index in [-0.39, 0.29) is 5.60 Å². The third kappa shape index (κ3) is 4.26. The summed E-state index contributed by atoms with van der Waals surface area (Å²) in [6, 6.07) is 0. The van der Waals surface area contributed by atoms with E-state index in [0.29, 0.717) is 0 Å². The number of rotatable bonds is 7. The van der Waals surface area contributed by atoms with Gasteiger partial charge in [-0.25, -0.2) is 0 Å². The zero-order valence-corrected chi connectivity index (χ0v) is 11.6. The van der Waals surface area contributed by atoms with Gasteiger partial charge in [0.1, 0.15) is 0 Å². The summed E-state index contributed by atoms with van der Waals surface area (Å²) in [5.74, 6) is 1.89. The SMILES string of the molecule is CCNCC1(OCCC2CC2)CCC(C)CC1. The van der Waals surface area contributed by atoms with Crippen LogP contribution in [-0.4, -0.2) is 25.3 Å². The van der Waals surface area contributed by atoms with E-state index in [2.05, 4.69) is 19.2 Å². The summed E-state index contributed by atoms with van der Waals surface area (Å²) >= 11 is 0. The molecule has 2 aliphatic carbocycles. The summed E-state index contributed by atoms with van der Waals surface area (Å²) < 4.78 is 6.31. The van der Waals surface area contributed by atoms with Gasteiger partial charge in [-0.05, 0) is 50.5 Å². The molecule has 2 aliphatic rings. The molecular formula is C15H29NO. The van der Waals surface area contributed by atoms with Crippen LogP contribution in [0.15, 0.2) is 0 Å². The highest BCUT2D eigenvalue weighted by Gasteiger charge is 2.35. The number of likely N-dealkylation sites (N-methyl/N-ethyl adjacent to an activating group) is 1. The highest BCUT2D eigenvalue weighted by Crippen LogP contribution is 2.36. The molecule has 100 valence electrons. The molecule has 0 aromatic rings. The summed E-state index contributed by atoms with van der Waals surface area (Å²) in [6.07, 6.45) is 9.38. The van der Waals surface area contributed by atoms with Gasteiger partial charge in [0.15, 0.2) is 0 Å². The average Bonchev–Trinajstić information content (AvgIpc) is 3.14. The van der Waals surface area contributed by atoms with E-state index in [0.717, 1.165) is 31.5 Å². The smallest absolute Gasteiger partial charge is 0.0806 e. The van der Waals surface area contributed by atoms with E-state index in [4.69, 9.17) is 4.74 Å². The molecule has 0 spiro atoms. The van der Waals surface area contributed by atoms with Crippen LogP contribution in [0, 0.1) is 11.8 Å². The molecule has 1 N–H and O–H groups in total. The van der Waals surface area contributed by atoms with Gasteiger partial charge in [0.25, 0.3) is 0 Å². The van der Waals surface area contributed by atoms with Gasteiger partial charge >= 0.3 is 0 Å². The van der Waals surface area contributed by atoms with E-state index in [9.17, 15) is 0 Å². The second-order valence-corrected chi connectivity index (χ2v) is 6.23. The molecule has 2 saturated carbocycles. The Morgan fingerprint density at radius 3 is 2.47 bits per heavy atom. The molecule has 0 unspecified atom stereocenters. The van der Waals surface area contributed by atoms with Gasteiger partial charge in [0.2, 0.25) is 0 Å². The van der Waals surface area contributed by atoms with Crippen LogP contribution in [0.25, 0.3) is 0 Å². The van der Waals surface area contributed by atoms with E-state index in [1.54, 1.807) is 0 Å². The average molecular weight is 239 g/mol. The fourth-order valence-corrected chi connectivity index (χ4v) is 2.86. The third-order valence-electron chi connectivity index (χ3n) is 4.51. The summed E-state index contributed by atoms with van der Waals surface area (Å²) in [5, 5.41) is 3.50. The molecule has 17 heavy (non-hydrogen) atoms. The van der Waals surface area contributed by atoms with Crippen molar-refractivity contribution in [1.29, 1.82) is 0 Å². The van der Waals surface area contributed by atoms with Gasteiger partial charge in [-0.15, -0.1) is 0 Å². The Balaban J connectivity index is 1.77. The first kappa shape index (κ1) is 13.4. The fourth-order valence-electron chi connectivity index (χ4n) is 2.86. The Morgan fingerprint density at radius 2 is 1.88 bits per heavy atom. The maximum Gasteiger partial charge on any atom is 0.0806 e. The maximum atomic E-state index is 6.31. The summed E-state index contributed by atoms with van der Waals surface area (Å²) in [6.45, 7) is 7.67. The minimum absolute atomic E-state index is 0.164. The van der Waals surface area contributed by atoms with E-state index in [1.807, 2.05) is 0 Å². The number of hydrogen-bond donors (Lipinski definition) is 1. The van der Waals surface area contributed by atoms with E-state index >= 15 is 0 Å². The zero-order valence-electron chi connectivity index (χ0n) is 11.6. The molecule has 0 aliphatic heterocycles. The Labute approximate surface area is 107 Å². The first-order chi connectivity index (χ1) is 8.24. The Hall–Kier alpha value is -0.0800. The summed E-state index contributed by atoms with van der Waals surface area (Å²) in [7, 11) is 0. The van der Waals surface area contributed by atoms with Crippen molar-refractivity contribution in [2.24, 2.45) is 11.8 Å². The second-order valence-electron chi connectivity index (χ2n) is 6.23. The van der Waals surface area contributed by atoms with Crippen LogP contribution >= 0.6 is 0 Å². The molecule has 0 radical (unpaired) electrons. The maximum absolute atomic E-state index is 6.31. The zero-order chi connectivity index (χ0) is 12.1. The van der Waals surface area contributed by atoms with Crippen molar-refractivity contribution >= 4 is 0 Å². The van der Waals surface area contributed by atoms with Crippen LogP contribution in [0.5, 0.6) is 0 Å². The van der Waals surface area contributed by atoms with E-state index < -0.39 is 0 Å². The van der Waals surface area contributed by atoms with Crippen molar-refractivity contribution in [3.63, 3.8) is 0 Å². The minimum atomic E-state index is 0.164. The molecule has 0 aromatic heterocycles. The molecule has 0 amide bonds.